The van der Waals surface area contributed by atoms with E-state index in [1.54, 1.807) is 6.07 Å². The molecule has 2 heterocycles. The second-order valence-electron chi connectivity index (χ2n) is 5.27. The number of rotatable bonds is 5. The van der Waals surface area contributed by atoms with Crippen molar-refractivity contribution in [1.82, 2.24) is 9.71 Å². The van der Waals surface area contributed by atoms with E-state index in [0.29, 0.717) is 10.8 Å². The highest BCUT2D eigenvalue weighted by Crippen LogP contribution is 2.22. The van der Waals surface area contributed by atoms with Gasteiger partial charge < -0.3 is 4.98 Å². The molecule has 6 heteroatoms. The number of aromatic nitrogens is 1. The number of hydrogen-bond acceptors (Lipinski definition) is 3. The first kappa shape index (κ1) is 15.3. The summed E-state index contributed by atoms with van der Waals surface area (Å²) in [5.74, 6) is 0. The zero-order chi connectivity index (χ0) is 15.7. The van der Waals surface area contributed by atoms with Gasteiger partial charge in [0, 0.05) is 22.6 Å². The summed E-state index contributed by atoms with van der Waals surface area (Å²) in [6, 6.07) is 11.5. The van der Waals surface area contributed by atoms with Crippen LogP contribution in [0.4, 0.5) is 0 Å². The molecule has 0 aliphatic heterocycles. The highest BCUT2D eigenvalue weighted by Gasteiger charge is 2.16. The number of benzene rings is 1. The second-order valence-corrected chi connectivity index (χ2v) is 8.43. The van der Waals surface area contributed by atoms with Gasteiger partial charge in [-0.25, -0.2) is 13.1 Å². The molecule has 2 N–H and O–H groups in total. The van der Waals surface area contributed by atoms with E-state index in [2.05, 4.69) is 15.8 Å². The molecule has 0 saturated heterocycles. The molecule has 3 aromatic rings. The predicted molar refractivity (Wildman–Crippen MR) is 90.8 cm³/mol. The van der Waals surface area contributed by atoms with Crippen LogP contribution in [-0.4, -0.2) is 13.4 Å². The molecule has 0 saturated carbocycles. The molecular formula is C16H18N2O2S2. The summed E-state index contributed by atoms with van der Waals surface area (Å²) >= 11 is 1.33. The minimum absolute atomic E-state index is 0.294. The Morgan fingerprint density at radius 3 is 2.73 bits per heavy atom. The minimum Gasteiger partial charge on any atom is -0.359 e. The third-order valence-electron chi connectivity index (χ3n) is 3.54. The van der Waals surface area contributed by atoms with Crippen LogP contribution in [0.1, 0.15) is 23.1 Å². The van der Waals surface area contributed by atoms with Crippen LogP contribution in [0.3, 0.4) is 0 Å². The van der Waals surface area contributed by atoms with Gasteiger partial charge in [-0.1, -0.05) is 13.0 Å². The van der Waals surface area contributed by atoms with Crippen LogP contribution in [0.2, 0.25) is 0 Å². The van der Waals surface area contributed by atoms with E-state index in [4.69, 9.17) is 0 Å². The molecule has 0 aliphatic carbocycles. The maximum Gasteiger partial charge on any atom is 0.250 e. The second kappa shape index (κ2) is 5.87. The molecule has 4 nitrogen and oxygen atoms in total. The summed E-state index contributed by atoms with van der Waals surface area (Å²) < 4.78 is 27.6. The summed E-state index contributed by atoms with van der Waals surface area (Å²) in [5, 5.41) is 1.10. The van der Waals surface area contributed by atoms with Crippen molar-refractivity contribution in [3.05, 3.63) is 52.5 Å². The number of H-pyrrole nitrogens is 1. The summed E-state index contributed by atoms with van der Waals surface area (Å²) in [7, 11) is -3.44. The SMILES string of the molecule is CCc1ccc(S(=O)(=O)NCc2ccc3[nH]c(C)cc3c2)s1. The molecule has 0 bridgehead atoms. The lowest BCUT2D eigenvalue weighted by Gasteiger charge is -2.05. The largest absolute Gasteiger partial charge is 0.359 e. The lowest BCUT2D eigenvalue weighted by atomic mass is 10.1. The molecule has 22 heavy (non-hydrogen) atoms. The summed E-state index contributed by atoms with van der Waals surface area (Å²) in [4.78, 5) is 4.33. The molecule has 0 unspecified atom stereocenters. The minimum atomic E-state index is -3.44. The Bertz CT molecular complexity index is 907. The van der Waals surface area contributed by atoms with Crippen molar-refractivity contribution in [2.24, 2.45) is 0 Å². The Kier molecular flexibility index (Phi) is 4.08. The van der Waals surface area contributed by atoms with Crippen LogP contribution in [0.25, 0.3) is 10.9 Å². The van der Waals surface area contributed by atoms with E-state index >= 15 is 0 Å². The van der Waals surface area contributed by atoms with Crippen molar-refractivity contribution in [2.75, 3.05) is 0 Å². The third kappa shape index (κ3) is 3.09. The molecule has 0 amide bonds. The molecule has 0 aliphatic rings. The van der Waals surface area contributed by atoms with Gasteiger partial charge in [-0.2, -0.15) is 0 Å². The third-order valence-corrected chi connectivity index (χ3v) is 6.66. The van der Waals surface area contributed by atoms with Gasteiger partial charge >= 0.3 is 0 Å². The molecule has 3 rings (SSSR count). The maximum absolute atomic E-state index is 12.3. The molecule has 116 valence electrons. The van der Waals surface area contributed by atoms with Gasteiger partial charge in [-0.15, -0.1) is 11.3 Å². The van der Waals surface area contributed by atoms with Crippen molar-refractivity contribution in [3.63, 3.8) is 0 Å². The van der Waals surface area contributed by atoms with E-state index < -0.39 is 10.0 Å². The van der Waals surface area contributed by atoms with Crippen molar-refractivity contribution in [1.29, 1.82) is 0 Å². The van der Waals surface area contributed by atoms with Crippen LogP contribution in [-0.2, 0) is 23.0 Å². The highest BCUT2D eigenvalue weighted by molar-refractivity contribution is 7.91. The molecule has 1 aromatic carbocycles. The van der Waals surface area contributed by atoms with Gasteiger partial charge in [0.25, 0.3) is 0 Å². The number of fused-ring (bicyclic) bond motifs is 1. The van der Waals surface area contributed by atoms with Gasteiger partial charge in [0.15, 0.2) is 0 Å². The van der Waals surface area contributed by atoms with Crippen LogP contribution in [0.5, 0.6) is 0 Å². The van der Waals surface area contributed by atoms with Crippen LogP contribution < -0.4 is 4.72 Å². The fourth-order valence-electron chi connectivity index (χ4n) is 2.38. The smallest absolute Gasteiger partial charge is 0.250 e. The summed E-state index contributed by atoms with van der Waals surface area (Å²) in [5.41, 5.74) is 3.11. The zero-order valence-electron chi connectivity index (χ0n) is 12.5. The van der Waals surface area contributed by atoms with Gasteiger partial charge in [-0.3, -0.25) is 0 Å². The highest BCUT2D eigenvalue weighted by atomic mass is 32.2. The van der Waals surface area contributed by atoms with Gasteiger partial charge in [-0.05, 0) is 54.6 Å². The number of nitrogens with one attached hydrogen (secondary N) is 2. The molecule has 0 atom stereocenters. The number of sulfonamides is 1. The van der Waals surface area contributed by atoms with E-state index in [-0.39, 0.29) is 0 Å². The topological polar surface area (TPSA) is 62.0 Å². The number of aryl methyl sites for hydroxylation is 2. The van der Waals surface area contributed by atoms with E-state index in [1.807, 2.05) is 38.1 Å². The Morgan fingerprint density at radius 1 is 1.18 bits per heavy atom. The molecule has 0 spiro atoms. The summed E-state index contributed by atoms with van der Waals surface area (Å²) in [6.45, 7) is 4.32. The van der Waals surface area contributed by atoms with E-state index in [9.17, 15) is 8.42 Å². The fraction of sp³-hybridized carbons (Fsp3) is 0.250. The van der Waals surface area contributed by atoms with E-state index in [1.165, 1.54) is 11.3 Å². The van der Waals surface area contributed by atoms with Crippen molar-refractivity contribution in [2.45, 2.75) is 31.0 Å². The average Bonchev–Trinajstić information content (AvgIpc) is 3.10. The number of hydrogen-bond donors (Lipinski definition) is 2. The lowest BCUT2D eigenvalue weighted by Crippen LogP contribution is -2.22. The molecule has 0 radical (unpaired) electrons. The van der Waals surface area contributed by atoms with Crippen LogP contribution in [0, 0.1) is 6.92 Å². The Morgan fingerprint density at radius 2 is 2.00 bits per heavy atom. The first-order valence-corrected chi connectivity index (χ1v) is 9.44. The van der Waals surface area contributed by atoms with Crippen molar-refractivity contribution in [3.8, 4) is 0 Å². The first-order valence-electron chi connectivity index (χ1n) is 7.14. The number of aromatic amines is 1. The Hall–Kier alpha value is -1.63. The van der Waals surface area contributed by atoms with Crippen molar-refractivity contribution >= 4 is 32.3 Å². The van der Waals surface area contributed by atoms with Gasteiger partial charge in [0.05, 0.1) is 0 Å². The monoisotopic (exact) mass is 334 g/mol. The van der Waals surface area contributed by atoms with Gasteiger partial charge in [0.1, 0.15) is 4.21 Å². The zero-order valence-corrected chi connectivity index (χ0v) is 14.1. The molecule has 0 fully saturated rings. The van der Waals surface area contributed by atoms with Crippen LogP contribution in [0.15, 0.2) is 40.6 Å². The van der Waals surface area contributed by atoms with Crippen LogP contribution >= 0.6 is 11.3 Å². The quantitative estimate of drug-likeness (QED) is 0.749. The normalized spacial score (nSPS) is 12.1. The number of thiophene rings is 1. The standard InChI is InChI=1S/C16H18N2O2S2/c1-3-14-5-7-16(21-14)22(19,20)17-10-12-4-6-15-13(9-12)8-11(2)18-15/h4-9,17-18H,3,10H2,1-2H3. The van der Waals surface area contributed by atoms with E-state index in [0.717, 1.165) is 33.5 Å². The lowest BCUT2D eigenvalue weighted by molar-refractivity contribution is 0.583. The predicted octanol–water partition coefficient (Wildman–Crippen LogP) is 3.58. The maximum atomic E-state index is 12.3. The molecular weight excluding hydrogens is 316 g/mol. The summed E-state index contributed by atoms with van der Waals surface area (Å²) in [6.07, 6.45) is 0.851. The molecule has 2 aromatic heterocycles. The fourth-order valence-corrected chi connectivity index (χ4v) is 4.74. The van der Waals surface area contributed by atoms with Gasteiger partial charge in [0.2, 0.25) is 10.0 Å². The average molecular weight is 334 g/mol. The van der Waals surface area contributed by atoms with Crippen molar-refractivity contribution < 1.29 is 8.42 Å². The first-order chi connectivity index (χ1) is 10.5. The Labute approximate surface area is 134 Å². The Balaban J connectivity index is 1.77.